The van der Waals surface area contributed by atoms with Gasteiger partial charge in [0.25, 0.3) is 0 Å². The van der Waals surface area contributed by atoms with Crippen molar-refractivity contribution >= 4 is 105 Å². The SMILES string of the molecule is CCCCCNc1nc(N)nc2ccn(Cc3ccc(CCl)cc3OC)c12.CCCCCNc1nc(N)nc2ccn(Cc3ccc(CN4CC(N(C)C(=O)OC(C)(C)C)C4)cc3OC)c12.CCCCCNc1nc(N)nc2ccn(Cc3ccc(CN4CC(NC)C4)cc3OC)c12.CN(C(=O)OC(C)(C)C)C1CNC1.Cl. The first-order chi connectivity index (χ1) is 53.2. The van der Waals surface area contributed by atoms with Crippen LogP contribution in [0.3, 0.4) is 0 Å². The lowest BCUT2D eigenvalue weighted by Crippen LogP contribution is -2.59. The maximum atomic E-state index is 12.4. The smallest absolute Gasteiger partial charge is 0.410 e. The third-order valence-corrected chi connectivity index (χ3v) is 20.0. The van der Waals surface area contributed by atoms with Crippen molar-refractivity contribution in [2.75, 3.05) is 135 Å². The van der Waals surface area contributed by atoms with Crippen molar-refractivity contribution in [2.45, 2.75) is 188 Å². The molecule has 12 rings (SSSR count). The van der Waals surface area contributed by atoms with Gasteiger partial charge in [-0.2, -0.15) is 15.0 Å². The zero-order valence-corrected chi connectivity index (χ0v) is 70.1. The molecule has 3 aliphatic heterocycles. The normalized spacial score (nSPS) is 13.9. The number of rotatable bonds is 32. The van der Waals surface area contributed by atoms with Gasteiger partial charge in [-0.25, -0.2) is 24.5 Å². The summed E-state index contributed by atoms with van der Waals surface area (Å²) in [5, 5.41) is 16.8. The Kier molecular flexibility index (Phi) is 33.1. The number of ether oxygens (including phenoxy) is 5. The molecule has 9 heterocycles. The Hall–Kier alpha value is -9.32. The van der Waals surface area contributed by atoms with Crippen LogP contribution in [-0.4, -0.2) is 206 Å². The number of carbonyl (C=O) groups is 2. The van der Waals surface area contributed by atoms with Gasteiger partial charge in [0.05, 0.1) is 69.6 Å². The predicted molar refractivity (Wildman–Crippen MR) is 455 cm³/mol. The van der Waals surface area contributed by atoms with E-state index in [4.69, 9.17) is 52.5 Å². The third-order valence-electron chi connectivity index (χ3n) is 19.7. The zero-order chi connectivity index (χ0) is 79.9. The van der Waals surface area contributed by atoms with E-state index < -0.39 is 11.2 Å². The van der Waals surface area contributed by atoms with Crippen molar-refractivity contribution in [1.82, 2.24) is 73.8 Å². The lowest BCUT2D eigenvalue weighted by molar-refractivity contribution is -0.00578. The second kappa shape index (κ2) is 42.0. The van der Waals surface area contributed by atoms with Gasteiger partial charge in [-0.15, -0.1) is 24.0 Å². The van der Waals surface area contributed by atoms with Crippen molar-refractivity contribution in [3.8, 4) is 17.2 Å². The number of benzene rings is 3. The van der Waals surface area contributed by atoms with Crippen molar-refractivity contribution in [3.05, 3.63) is 125 Å². The maximum absolute atomic E-state index is 12.4. The first-order valence-electron chi connectivity index (χ1n) is 39.1. The van der Waals surface area contributed by atoms with E-state index in [1.807, 2.05) is 105 Å². The largest absolute Gasteiger partial charge is 0.496 e. The molecule has 0 atom stereocenters. The summed E-state index contributed by atoms with van der Waals surface area (Å²) in [6, 6.07) is 25.9. The third kappa shape index (κ3) is 24.8. The van der Waals surface area contributed by atoms with Crippen LogP contribution < -0.4 is 58.0 Å². The van der Waals surface area contributed by atoms with Gasteiger partial charge in [-0.05, 0) is 121 Å². The highest BCUT2D eigenvalue weighted by atomic mass is 35.5. The Morgan fingerprint density at radius 3 is 1.15 bits per heavy atom. The van der Waals surface area contributed by atoms with Gasteiger partial charge in [0, 0.05) is 133 Å². The number of aromatic nitrogens is 9. The molecule has 3 fully saturated rings. The van der Waals surface area contributed by atoms with Crippen LogP contribution in [0.2, 0.25) is 0 Å². The molecule has 0 radical (unpaired) electrons. The number of likely N-dealkylation sites (tertiary alicyclic amines) is 2. The predicted octanol–water partition coefficient (Wildman–Crippen LogP) is 13.5. The van der Waals surface area contributed by atoms with E-state index >= 15 is 0 Å². The minimum absolute atomic E-state index is 0. The Morgan fingerprint density at radius 1 is 0.500 bits per heavy atom. The first kappa shape index (κ1) is 88.2. The fourth-order valence-corrected chi connectivity index (χ4v) is 13.5. The van der Waals surface area contributed by atoms with Crippen LogP contribution in [0.15, 0.2) is 91.4 Å². The van der Waals surface area contributed by atoms with Gasteiger partial charge in [0.2, 0.25) is 17.8 Å². The van der Waals surface area contributed by atoms with E-state index in [9.17, 15) is 9.59 Å². The van der Waals surface area contributed by atoms with Crippen LogP contribution in [0.4, 0.5) is 44.9 Å². The molecule has 0 bridgehead atoms. The van der Waals surface area contributed by atoms with Crippen LogP contribution >= 0.6 is 24.0 Å². The molecule has 0 saturated carbocycles. The van der Waals surface area contributed by atoms with Crippen LogP contribution in [0.5, 0.6) is 17.2 Å². The number of halogens is 2. The minimum atomic E-state index is -0.493. The van der Waals surface area contributed by atoms with Crippen molar-refractivity contribution < 1.29 is 33.3 Å². The second-order valence-electron chi connectivity index (χ2n) is 30.8. The Bertz CT molecular complexity index is 4470. The Morgan fingerprint density at radius 2 is 0.839 bits per heavy atom. The quantitative estimate of drug-likeness (QED) is 0.0143. The summed E-state index contributed by atoms with van der Waals surface area (Å²) in [5.41, 5.74) is 29.0. The summed E-state index contributed by atoms with van der Waals surface area (Å²) in [7, 11) is 10.7. The number of anilines is 6. The fraction of sp³-hybridized carbons (Fsp3) is 0.537. The highest BCUT2D eigenvalue weighted by molar-refractivity contribution is 6.17. The number of likely N-dealkylation sites (N-methyl/N-ethyl adjacent to an activating group) is 3. The lowest BCUT2D eigenvalue weighted by atomic mass is 10.0. The molecule has 112 heavy (non-hydrogen) atoms. The molecule has 30 heteroatoms. The van der Waals surface area contributed by atoms with Gasteiger partial charge in [0.1, 0.15) is 45.0 Å². The number of hydrogen-bond acceptors (Lipinski definition) is 23. The van der Waals surface area contributed by atoms with E-state index in [0.717, 1.165) is 188 Å². The molecule has 3 saturated heterocycles. The minimum Gasteiger partial charge on any atom is -0.496 e. The van der Waals surface area contributed by atoms with Crippen LogP contribution in [0.1, 0.15) is 153 Å². The van der Waals surface area contributed by atoms with Gasteiger partial charge in [-0.1, -0.05) is 95.7 Å². The molecule has 3 aromatic carbocycles. The number of methoxy groups -OCH3 is 3. The number of nitrogens with zero attached hydrogens (tertiary/aromatic N) is 13. The summed E-state index contributed by atoms with van der Waals surface area (Å²) in [5.74, 6) is 6.20. The lowest BCUT2D eigenvalue weighted by Gasteiger charge is -2.44. The molecular weight excluding hydrogens is 1460 g/mol. The molecule has 6 aromatic heterocycles. The molecular formula is C82H123Cl2N21O7. The first-order valence-corrected chi connectivity index (χ1v) is 39.6. The van der Waals surface area contributed by atoms with Crippen molar-refractivity contribution in [2.24, 2.45) is 0 Å². The monoisotopic (exact) mass is 1580 g/mol. The number of unbranched alkanes of at least 4 members (excludes halogenated alkanes) is 6. The molecule has 0 aliphatic carbocycles. The van der Waals surface area contributed by atoms with Gasteiger partial charge in [-0.3, -0.25) is 9.80 Å². The van der Waals surface area contributed by atoms with Crippen LogP contribution in [0, 0.1) is 0 Å². The fourth-order valence-electron chi connectivity index (χ4n) is 13.3. The second-order valence-corrected chi connectivity index (χ2v) is 31.1. The van der Waals surface area contributed by atoms with E-state index in [-0.39, 0.29) is 42.5 Å². The number of nitrogen functional groups attached to an aromatic ring is 3. The summed E-state index contributed by atoms with van der Waals surface area (Å²) in [6.45, 7) is 29.6. The molecule has 3 aliphatic rings. The molecule has 0 unspecified atom stereocenters. The molecule has 11 N–H and O–H groups in total. The van der Waals surface area contributed by atoms with E-state index in [0.29, 0.717) is 43.5 Å². The summed E-state index contributed by atoms with van der Waals surface area (Å²) < 4.78 is 34.2. The van der Waals surface area contributed by atoms with E-state index in [2.05, 4.69) is 143 Å². The topological polar surface area (TPSA) is 324 Å². The van der Waals surface area contributed by atoms with Crippen molar-refractivity contribution in [1.29, 1.82) is 0 Å². The highest BCUT2D eigenvalue weighted by Crippen LogP contribution is 2.33. The standard InChI is InChI=1S/C29H43N7O3.C24H35N7O.C20H26ClN5O.C9H18N2O2.ClH/c1-7-8-9-13-31-26-25-23(32-27(30)33-26)12-14-36(25)17-21-11-10-20(15-24(21)38-6)16-35-18-22(19-35)34(5)28(37)39-29(2,3)4;1-4-5-6-10-27-23-22-20(28-24(25)29-23)9-11-31(22)14-18-8-7-17(12-21(18)32-3)13-30-15-19(16-30)26-2;1-3-4-5-9-23-19-18-16(24-20(22)25-19)8-10-26(18)13-15-7-6-14(12-21)11-17(15)27-2;1-9(2,3)13-8(12)11(4)7-5-10-6-7;/h10-12,14-15,22H,7-9,13,16-19H2,1-6H3,(H3,30,31,32,33);7-9,11-12,19,26H,4-6,10,13-16H2,1-3H3,(H3,25,27,28,29);6-8,10-11H,3-5,9,12-13H2,1-2H3,(H3,22,23,24,25);7,10H,5-6H2,1-4H3;1H. The molecule has 28 nitrogen and oxygen atoms in total. The van der Waals surface area contributed by atoms with E-state index in [1.165, 1.54) is 43.2 Å². The Balaban J connectivity index is 0.000000196. The summed E-state index contributed by atoms with van der Waals surface area (Å²) in [4.78, 5) is 58.6. The number of carbonyl (C=O) groups excluding carboxylic acids is 2. The summed E-state index contributed by atoms with van der Waals surface area (Å²) >= 11 is 5.94. The molecule has 9 aromatic rings. The summed E-state index contributed by atoms with van der Waals surface area (Å²) in [6.07, 6.45) is 15.9. The number of nitrogens with two attached hydrogens (primary N) is 3. The number of nitrogens with one attached hydrogen (secondary N) is 5. The number of alkyl halides is 1. The van der Waals surface area contributed by atoms with Crippen molar-refractivity contribution in [3.63, 3.8) is 0 Å². The molecule has 0 spiro atoms. The van der Waals surface area contributed by atoms with Gasteiger partial charge < -0.3 is 91.0 Å². The van der Waals surface area contributed by atoms with Crippen LogP contribution in [0.25, 0.3) is 33.1 Å². The van der Waals surface area contributed by atoms with Gasteiger partial charge >= 0.3 is 12.2 Å². The number of hydrogen-bond donors (Lipinski definition) is 8. The average Bonchev–Trinajstić information content (AvgIpc) is 1.62. The van der Waals surface area contributed by atoms with Crippen LogP contribution in [-0.2, 0) is 48.1 Å². The average molecular weight is 1590 g/mol. The highest BCUT2D eigenvalue weighted by Gasteiger charge is 2.35. The maximum Gasteiger partial charge on any atom is 0.410 e. The van der Waals surface area contributed by atoms with Gasteiger partial charge in [0.15, 0.2) is 17.5 Å². The number of fused-ring (bicyclic) bond motifs is 3. The molecule has 612 valence electrons. The molecule has 2 amide bonds. The Labute approximate surface area is 672 Å². The van der Waals surface area contributed by atoms with E-state index in [1.54, 1.807) is 38.2 Å². The number of amides is 2. The zero-order valence-electron chi connectivity index (χ0n) is 68.6.